The molecule has 0 aliphatic heterocycles. The minimum atomic E-state index is 0.237. The lowest BCUT2D eigenvalue weighted by Crippen LogP contribution is -2.16. The summed E-state index contributed by atoms with van der Waals surface area (Å²) in [6, 6.07) is 0.271. The molecule has 2 atom stereocenters. The minimum Gasteiger partial charge on any atom is -0.328 e. The van der Waals surface area contributed by atoms with Crippen molar-refractivity contribution in [2.24, 2.45) is 11.7 Å². The van der Waals surface area contributed by atoms with Crippen LogP contribution in [0.1, 0.15) is 65.7 Å². The Morgan fingerprint density at radius 3 is 2.33 bits per heavy atom. The first-order valence-corrected chi connectivity index (χ1v) is 6.36. The average molecular weight is 213 g/mol. The second-order valence-electron chi connectivity index (χ2n) is 4.73. The molecule has 0 bridgehead atoms. The van der Waals surface area contributed by atoms with Crippen LogP contribution < -0.4 is 5.73 Å². The van der Waals surface area contributed by atoms with E-state index in [0.717, 1.165) is 32.1 Å². The Labute approximate surface area is 94.6 Å². The Morgan fingerprint density at radius 1 is 1.13 bits per heavy atom. The highest BCUT2D eigenvalue weighted by Crippen LogP contribution is 2.13. The van der Waals surface area contributed by atoms with Crippen molar-refractivity contribution in [2.45, 2.75) is 71.8 Å². The van der Waals surface area contributed by atoms with Gasteiger partial charge in [0.2, 0.25) is 0 Å². The third-order valence-corrected chi connectivity index (χ3v) is 2.87. The molecule has 0 aromatic heterocycles. The maximum atomic E-state index is 11.7. The fourth-order valence-corrected chi connectivity index (χ4v) is 1.70. The number of Topliss-reactive ketones (excluding diaryl/α,β-unsaturated/α-hetero) is 1. The van der Waals surface area contributed by atoms with Crippen molar-refractivity contribution in [3.05, 3.63) is 0 Å². The SMILES string of the molecule is CCCCCC(=O)C(C)CCCC(C)N. The van der Waals surface area contributed by atoms with Crippen LogP contribution in [0.25, 0.3) is 0 Å². The van der Waals surface area contributed by atoms with Gasteiger partial charge < -0.3 is 5.73 Å². The van der Waals surface area contributed by atoms with Gasteiger partial charge in [-0.2, -0.15) is 0 Å². The van der Waals surface area contributed by atoms with E-state index in [1.165, 1.54) is 12.8 Å². The Bertz CT molecular complexity index is 166. The van der Waals surface area contributed by atoms with Crippen molar-refractivity contribution in [3.8, 4) is 0 Å². The van der Waals surface area contributed by atoms with Gasteiger partial charge >= 0.3 is 0 Å². The molecular weight excluding hydrogens is 186 g/mol. The molecule has 0 fully saturated rings. The number of rotatable bonds is 9. The quantitative estimate of drug-likeness (QED) is 0.597. The molecule has 0 amide bonds. The van der Waals surface area contributed by atoms with Gasteiger partial charge in [0.25, 0.3) is 0 Å². The molecule has 0 radical (unpaired) electrons. The van der Waals surface area contributed by atoms with E-state index in [9.17, 15) is 4.79 Å². The number of nitrogens with two attached hydrogens (primary N) is 1. The van der Waals surface area contributed by atoms with Crippen molar-refractivity contribution >= 4 is 5.78 Å². The standard InChI is InChI=1S/C13H27NO/c1-4-5-6-10-13(15)11(2)8-7-9-12(3)14/h11-12H,4-10,14H2,1-3H3. The molecule has 0 heterocycles. The largest absolute Gasteiger partial charge is 0.328 e. The molecule has 2 unspecified atom stereocenters. The zero-order chi connectivity index (χ0) is 11.7. The molecule has 2 N–H and O–H groups in total. The smallest absolute Gasteiger partial charge is 0.135 e. The van der Waals surface area contributed by atoms with Crippen LogP contribution in [0.4, 0.5) is 0 Å². The maximum Gasteiger partial charge on any atom is 0.135 e. The predicted octanol–water partition coefficient (Wildman–Crippen LogP) is 3.29. The molecule has 0 aliphatic rings. The van der Waals surface area contributed by atoms with Gasteiger partial charge in [-0.25, -0.2) is 0 Å². The molecule has 0 saturated heterocycles. The van der Waals surface area contributed by atoms with Gasteiger partial charge in [0, 0.05) is 18.4 Å². The highest BCUT2D eigenvalue weighted by atomic mass is 16.1. The van der Waals surface area contributed by atoms with E-state index < -0.39 is 0 Å². The number of unbranched alkanes of at least 4 members (excludes halogenated alkanes) is 2. The van der Waals surface area contributed by atoms with Gasteiger partial charge in [-0.05, 0) is 26.2 Å². The lowest BCUT2D eigenvalue weighted by molar-refractivity contribution is -0.122. The predicted molar refractivity (Wildman–Crippen MR) is 65.8 cm³/mol. The normalized spacial score (nSPS) is 14.9. The molecule has 90 valence electrons. The van der Waals surface area contributed by atoms with Crippen LogP contribution in [0.3, 0.4) is 0 Å². The molecule has 0 saturated carbocycles. The zero-order valence-corrected chi connectivity index (χ0v) is 10.6. The van der Waals surface area contributed by atoms with Gasteiger partial charge in [0.15, 0.2) is 0 Å². The summed E-state index contributed by atoms with van der Waals surface area (Å²) in [6.07, 6.45) is 7.32. The van der Waals surface area contributed by atoms with Crippen molar-refractivity contribution in [1.82, 2.24) is 0 Å². The Balaban J connectivity index is 3.51. The number of ketones is 1. The van der Waals surface area contributed by atoms with E-state index in [1.807, 2.05) is 6.92 Å². The minimum absolute atomic E-state index is 0.237. The molecule has 0 aromatic rings. The topological polar surface area (TPSA) is 43.1 Å². The van der Waals surface area contributed by atoms with E-state index >= 15 is 0 Å². The summed E-state index contributed by atoms with van der Waals surface area (Å²) in [4.78, 5) is 11.7. The highest BCUT2D eigenvalue weighted by molar-refractivity contribution is 5.80. The fraction of sp³-hybridized carbons (Fsp3) is 0.923. The molecule has 2 nitrogen and oxygen atoms in total. The summed E-state index contributed by atoms with van der Waals surface area (Å²) < 4.78 is 0. The molecule has 2 heteroatoms. The Morgan fingerprint density at radius 2 is 1.80 bits per heavy atom. The highest BCUT2D eigenvalue weighted by Gasteiger charge is 2.11. The van der Waals surface area contributed by atoms with Gasteiger partial charge in [-0.3, -0.25) is 4.79 Å². The summed E-state index contributed by atoms with van der Waals surface area (Å²) >= 11 is 0. The fourth-order valence-electron chi connectivity index (χ4n) is 1.70. The monoisotopic (exact) mass is 213 g/mol. The number of hydrogen-bond donors (Lipinski definition) is 1. The van der Waals surface area contributed by atoms with Crippen LogP contribution in [0.2, 0.25) is 0 Å². The number of hydrogen-bond acceptors (Lipinski definition) is 2. The van der Waals surface area contributed by atoms with Crippen LogP contribution in [-0.4, -0.2) is 11.8 Å². The molecular formula is C13H27NO. The van der Waals surface area contributed by atoms with Gasteiger partial charge in [-0.1, -0.05) is 33.1 Å². The summed E-state index contributed by atoms with van der Waals surface area (Å²) in [7, 11) is 0. The summed E-state index contributed by atoms with van der Waals surface area (Å²) in [5.74, 6) is 0.675. The van der Waals surface area contributed by atoms with Gasteiger partial charge in [0.1, 0.15) is 5.78 Å². The van der Waals surface area contributed by atoms with Crippen LogP contribution in [0, 0.1) is 5.92 Å². The van der Waals surface area contributed by atoms with Crippen LogP contribution >= 0.6 is 0 Å². The molecule has 0 aliphatic carbocycles. The van der Waals surface area contributed by atoms with Crippen LogP contribution in [0.5, 0.6) is 0 Å². The molecule has 0 spiro atoms. The van der Waals surface area contributed by atoms with Crippen molar-refractivity contribution < 1.29 is 4.79 Å². The van der Waals surface area contributed by atoms with E-state index in [1.54, 1.807) is 0 Å². The third-order valence-electron chi connectivity index (χ3n) is 2.87. The van der Waals surface area contributed by atoms with E-state index in [4.69, 9.17) is 5.73 Å². The van der Waals surface area contributed by atoms with Crippen LogP contribution in [0.15, 0.2) is 0 Å². The van der Waals surface area contributed by atoms with E-state index in [0.29, 0.717) is 5.78 Å². The van der Waals surface area contributed by atoms with Gasteiger partial charge in [-0.15, -0.1) is 0 Å². The van der Waals surface area contributed by atoms with Gasteiger partial charge in [0.05, 0.1) is 0 Å². The lowest BCUT2D eigenvalue weighted by Gasteiger charge is -2.11. The number of carbonyl (C=O) groups excluding carboxylic acids is 1. The summed E-state index contributed by atoms with van der Waals surface area (Å²) in [6.45, 7) is 6.24. The Kier molecular flexibility index (Phi) is 8.68. The van der Waals surface area contributed by atoms with E-state index in [-0.39, 0.29) is 12.0 Å². The first kappa shape index (κ1) is 14.6. The van der Waals surface area contributed by atoms with Crippen LogP contribution in [-0.2, 0) is 4.79 Å². The molecule has 0 aromatic carbocycles. The van der Waals surface area contributed by atoms with Crippen molar-refractivity contribution in [3.63, 3.8) is 0 Å². The average Bonchev–Trinajstić information content (AvgIpc) is 2.17. The third kappa shape index (κ3) is 8.61. The summed E-state index contributed by atoms with van der Waals surface area (Å²) in [5, 5.41) is 0. The molecule has 0 rings (SSSR count). The van der Waals surface area contributed by atoms with Crippen molar-refractivity contribution in [2.75, 3.05) is 0 Å². The van der Waals surface area contributed by atoms with Crippen molar-refractivity contribution in [1.29, 1.82) is 0 Å². The number of carbonyl (C=O) groups is 1. The zero-order valence-electron chi connectivity index (χ0n) is 10.6. The van der Waals surface area contributed by atoms with E-state index in [2.05, 4.69) is 13.8 Å². The first-order valence-electron chi connectivity index (χ1n) is 6.36. The lowest BCUT2D eigenvalue weighted by atomic mass is 9.95. The maximum absolute atomic E-state index is 11.7. The second-order valence-corrected chi connectivity index (χ2v) is 4.73. The second kappa shape index (κ2) is 8.90. The summed E-state index contributed by atoms with van der Waals surface area (Å²) in [5.41, 5.74) is 5.67. The molecule has 15 heavy (non-hydrogen) atoms. The first-order chi connectivity index (χ1) is 7.07. The Hall–Kier alpha value is -0.370.